The lowest BCUT2D eigenvalue weighted by Crippen LogP contribution is -2.60. The molecule has 1 heterocycles. The van der Waals surface area contributed by atoms with Crippen LogP contribution in [0.1, 0.15) is 45.4 Å². The Morgan fingerprint density at radius 1 is 1.24 bits per heavy atom. The van der Waals surface area contributed by atoms with E-state index >= 15 is 0 Å². The molecule has 3 N–H and O–H groups in total. The Balaban J connectivity index is 1.27. The molecular weight excluding hydrogens is 389 g/mol. The molecule has 0 unspecified atom stereocenters. The third-order valence-corrected chi connectivity index (χ3v) is 7.88. The van der Waals surface area contributed by atoms with Crippen molar-refractivity contribution in [2.75, 3.05) is 5.84 Å². The third-order valence-electron chi connectivity index (χ3n) is 6.83. The highest BCUT2D eigenvalue weighted by Crippen LogP contribution is 2.55. The zero-order valence-corrected chi connectivity index (χ0v) is 17.3. The number of nitrogen functional groups attached to an aromatic ring is 1. The molecule has 0 saturated heterocycles. The third kappa shape index (κ3) is 3.52. The predicted octanol–water partition coefficient (Wildman–Crippen LogP) is 3.36. The molecule has 154 valence electrons. The van der Waals surface area contributed by atoms with Gasteiger partial charge in [0.2, 0.25) is 11.1 Å². The minimum absolute atomic E-state index is 0.0102. The molecule has 4 aliphatic rings. The molecule has 4 bridgehead atoms. The average molecular weight is 416 g/mol. The van der Waals surface area contributed by atoms with E-state index in [1.807, 2.05) is 6.92 Å². The molecule has 1 atom stereocenters. The molecule has 4 aliphatic carbocycles. The van der Waals surface area contributed by atoms with Crippen LogP contribution in [0.25, 0.3) is 11.4 Å². The van der Waals surface area contributed by atoms with Gasteiger partial charge in [-0.3, -0.25) is 4.79 Å². The van der Waals surface area contributed by atoms with Crippen LogP contribution >= 0.6 is 11.8 Å². The first-order chi connectivity index (χ1) is 13.9. The summed E-state index contributed by atoms with van der Waals surface area (Å²) in [6.45, 7) is 1.87. The number of hydrogen-bond acceptors (Lipinski definition) is 5. The highest BCUT2D eigenvalue weighted by atomic mass is 32.2. The first-order valence-corrected chi connectivity index (χ1v) is 11.2. The summed E-state index contributed by atoms with van der Waals surface area (Å²) in [6, 6.07) is 6.07. The van der Waals surface area contributed by atoms with Gasteiger partial charge in [-0.2, -0.15) is 0 Å². The number of carbonyl (C=O) groups is 1. The Morgan fingerprint density at radius 2 is 1.90 bits per heavy atom. The zero-order chi connectivity index (χ0) is 20.2. The van der Waals surface area contributed by atoms with Gasteiger partial charge >= 0.3 is 0 Å². The first-order valence-electron chi connectivity index (χ1n) is 10.4. The number of aromatic nitrogens is 3. The number of thioether (sulfide) groups is 1. The van der Waals surface area contributed by atoms with Gasteiger partial charge in [0.15, 0.2) is 5.82 Å². The normalized spacial score (nSPS) is 31.0. The first kappa shape index (κ1) is 18.9. The summed E-state index contributed by atoms with van der Waals surface area (Å²) in [5.41, 5.74) is 0.543. The number of carbonyl (C=O) groups excluding carboxylic acids is 1. The van der Waals surface area contributed by atoms with Crippen molar-refractivity contribution in [3.63, 3.8) is 0 Å². The van der Waals surface area contributed by atoms with E-state index in [2.05, 4.69) is 15.5 Å². The van der Waals surface area contributed by atoms with Crippen LogP contribution in [0.2, 0.25) is 0 Å². The molecule has 6 nitrogen and oxygen atoms in total. The van der Waals surface area contributed by atoms with Crippen LogP contribution in [0.3, 0.4) is 0 Å². The van der Waals surface area contributed by atoms with Crippen LogP contribution in [0, 0.1) is 23.6 Å². The van der Waals surface area contributed by atoms with Gasteiger partial charge in [-0.25, -0.2) is 9.07 Å². The van der Waals surface area contributed by atoms with Gasteiger partial charge in [0.1, 0.15) is 5.82 Å². The molecule has 6 rings (SSSR count). The van der Waals surface area contributed by atoms with E-state index in [0.717, 1.165) is 37.0 Å². The number of hydrogen-bond donors (Lipinski definition) is 2. The average Bonchev–Trinajstić information content (AvgIpc) is 3.00. The molecule has 0 aliphatic heterocycles. The summed E-state index contributed by atoms with van der Waals surface area (Å²) >= 11 is 1.29. The molecule has 0 spiro atoms. The fraction of sp³-hybridized carbons (Fsp3) is 0.571. The van der Waals surface area contributed by atoms with Crippen LogP contribution in [-0.4, -0.2) is 31.6 Å². The summed E-state index contributed by atoms with van der Waals surface area (Å²) in [5.74, 6) is 8.54. The molecule has 1 aromatic heterocycles. The van der Waals surface area contributed by atoms with Crippen molar-refractivity contribution in [1.29, 1.82) is 0 Å². The van der Waals surface area contributed by atoms with Crippen molar-refractivity contribution in [3.05, 3.63) is 30.1 Å². The van der Waals surface area contributed by atoms with Gasteiger partial charge in [-0.05, 0) is 75.3 Å². The van der Waals surface area contributed by atoms with Crippen LogP contribution < -0.4 is 11.2 Å². The second-order valence-corrected chi connectivity index (χ2v) is 10.4. The second-order valence-electron chi connectivity index (χ2n) is 9.13. The van der Waals surface area contributed by atoms with Crippen molar-refractivity contribution >= 4 is 17.7 Å². The predicted molar refractivity (Wildman–Crippen MR) is 110 cm³/mol. The Morgan fingerprint density at radius 3 is 2.52 bits per heavy atom. The van der Waals surface area contributed by atoms with Crippen molar-refractivity contribution in [1.82, 2.24) is 20.2 Å². The van der Waals surface area contributed by atoms with Crippen LogP contribution in [0.4, 0.5) is 4.39 Å². The Hall–Kier alpha value is -2.09. The summed E-state index contributed by atoms with van der Waals surface area (Å²) in [7, 11) is 0. The van der Waals surface area contributed by atoms with Gasteiger partial charge in [0.05, 0.1) is 5.25 Å². The molecule has 29 heavy (non-hydrogen) atoms. The Bertz CT molecular complexity index is 910. The van der Waals surface area contributed by atoms with Crippen LogP contribution in [0.15, 0.2) is 29.4 Å². The molecule has 0 radical (unpaired) electrons. The highest BCUT2D eigenvalue weighted by Gasteiger charge is 2.51. The number of nitrogens with two attached hydrogens (primary N) is 1. The fourth-order valence-electron chi connectivity index (χ4n) is 6.02. The maximum Gasteiger partial charge on any atom is 0.233 e. The van der Waals surface area contributed by atoms with Gasteiger partial charge < -0.3 is 11.2 Å². The largest absolute Gasteiger partial charge is 0.350 e. The fourth-order valence-corrected chi connectivity index (χ4v) is 6.79. The maximum atomic E-state index is 13.5. The van der Waals surface area contributed by atoms with Crippen molar-refractivity contribution in [2.45, 2.75) is 61.4 Å². The van der Waals surface area contributed by atoms with E-state index in [9.17, 15) is 9.18 Å². The lowest BCUT2D eigenvalue weighted by atomic mass is 9.53. The van der Waals surface area contributed by atoms with E-state index in [1.165, 1.54) is 47.8 Å². The van der Waals surface area contributed by atoms with Gasteiger partial charge in [0, 0.05) is 11.1 Å². The standard InChI is InChI=1S/C21H26FN5OS/c1-12(19(28)24-21-9-13-5-14(10-21)7-15(6-13)11-21)29-20-26-25-18(27(20)23)16-3-2-4-17(22)8-16/h2-4,8,12-15H,5-7,9-11,23H2,1H3,(H,24,28)/t12-,13?,14?,15?,21?/m1/s1. The second kappa shape index (κ2) is 7.00. The molecule has 1 amide bonds. The monoisotopic (exact) mass is 415 g/mol. The zero-order valence-electron chi connectivity index (χ0n) is 16.5. The van der Waals surface area contributed by atoms with Gasteiger partial charge in [-0.15, -0.1) is 10.2 Å². The molecule has 8 heteroatoms. The van der Waals surface area contributed by atoms with Crippen LogP contribution in [0.5, 0.6) is 0 Å². The maximum absolute atomic E-state index is 13.5. The van der Waals surface area contributed by atoms with E-state index in [4.69, 9.17) is 5.84 Å². The van der Waals surface area contributed by atoms with Gasteiger partial charge in [-0.1, -0.05) is 23.9 Å². The number of halogens is 1. The van der Waals surface area contributed by atoms with Crippen LogP contribution in [-0.2, 0) is 4.79 Å². The van der Waals surface area contributed by atoms with E-state index in [0.29, 0.717) is 16.5 Å². The summed E-state index contributed by atoms with van der Waals surface area (Å²) < 4.78 is 14.8. The number of nitrogens with one attached hydrogen (secondary N) is 1. The summed E-state index contributed by atoms with van der Waals surface area (Å²) in [5, 5.41) is 11.7. The van der Waals surface area contributed by atoms with Crippen molar-refractivity contribution in [3.8, 4) is 11.4 Å². The molecule has 4 saturated carbocycles. The highest BCUT2D eigenvalue weighted by molar-refractivity contribution is 8.00. The number of nitrogens with zero attached hydrogens (tertiary/aromatic N) is 3. The minimum atomic E-state index is -0.358. The van der Waals surface area contributed by atoms with Crippen molar-refractivity contribution < 1.29 is 9.18 Å². The van der Waals surface area contributed by atoms with E-state index in [-0.39, 0.29) is 22.5 Å². The smallest absolute Gasteiger partial charge is 0.233 e. The summed E-state index contributed by atoms with van der Waals surface area (Å²) in [4.78, 5) is 13.0. The molecule has 4 fully saturated rings. The topological polar surface area (TPSA) is 85.8 Å². The quantitative estimate of drug-likeness (QED) is 0.578. The minimum Gasteiger partial charge on any atom is -0.350 e. The molecular formula is C21H26FN5OS. The number of rotatable bonds is 5. The Kier molecular flexibility index (Phi) is 4.57. The summed E-state index contributed by atoms with van der Waals surface area (Å²) in [6.07, 6.45) is 7.41. The lowest BCUT2D eigenvalue weighted by Gasteiger charge is -2.57. The number of benzene rings is 1. The Labute approximate surface area is 173 Å². The number of amides is 1. The molecule has 1 aromatic carbocycles. The van der Waals surface area contributed by atoms with Crippen molar-refractivity contribution in [2.24, 2.45) is 17.8 Å². The molecule has 2 aromatic rings. The van der Waals surface area contributed by atoms with Gasteiger partial charge in [0.25, 0.3) is 0 Å². The lowest BCUT2D eigenvalue weighted by molar-refractivity contribution is -0.126. The SMILES string of the molecule is C[C@@H](Sc1nnc(-c2cccc(F)c2)n1N)C(=O)NC12CC3CC(CC(C3)C1)C2. The van der Waals surface area contributed by atoms with E-state index in [1.54, 1.807) is 12.1 Å². The van der Waals surface area contributed by atoms with E-state index < -0.39 is 0 Å².